The second kappa shape index (κ2) is 6.25. The lowest BCUT2D eigenvalue weighted by atomic mass is 10.1. The third kappa shape index (κ3) is 2.98. The van der Waals surface area contributed by atoms with E-state index in [4.69, 9.17) is 8.83 Å². The highest BCUT2D eigenvalue weighted by Crippen LogP contribution is 2.28. The van der Waals surface area contributed by atoms with Crippen LogP contribution in [0.25, 0.3) is 22.6 Å². The molecule has 4 rings (SSSR count). The van der Waals surface area contributed by atoms with E-state index in [1.54, 1.807) is 6.26 Å². The number of furan rings is 1. The van der Waals surface area contributed by atoms with Gasteiger partial charge in [-0.1, -0.05) is 23.9 Å². The van der Waals surface area contributed by atoms with Gasteiger partial charge >= 0.3 is 5.63 Å². The second-order valence-corrected chi connectivity index (χ2v) is 6.66. The van der Waals surface area contributed by atoms with Gasteiger partial charge in [0.15, 0.2) is 16.7 Å². The molecule has 0 bridgehead atoms. The first kappa shape index (κ1) is 15.7. The predicted octanol–water partition coefficient (Wildman–Crippen LogP) is 3.78. The maximum absolute atomic E-state index is 11.8. The first-order chi connectivity index (χ1) is 12.1. The van der Waals surface area contributed by atoms with Crippen LogP contribution in [0.5, 0.6) is 0 Å². The minimum absolute atomic E-state index is 0.345. The number of aromatic nitrogens is 3. The molecule has 0 atom stereocenters. The molecular weight excluding hydrogens is 338 g/mol. The van der Waals surface area contributed by atoms with Crippen molar-refractivity contribution in [2.45, 2.75) is 17.8 Å². The van der Waals surface area contributed by atoms with E-state index in [-0.39, 0.29) is 5.63 Å². The molecule has 4 aromatic rings. The number of rotatable bonds is 4. The zero-order valence-electron chi connectivity index (χ0n) is 13.7. The Labute approximate surface area is 147 Å². The van der Waals surface area contributed by atoms with Crippen LogP contribution in [-0.4, -0.2) is 14.8 Å². The van der Waals surface area contributed by atoms with Crippen LogP contribution >= 0.6 is 11.8 Å². The zero-order valence-corrected chi connectivity index (χ0v) is 14.5. The van der Waals surface area contributed by atoms with Crippen LogP contribution in [0.1, 0.15) is 11.1 Å². The number of thioether (sulfide) groups is 1. The van der Waals surface area contributed by atoms with E-state index in [1.807, 2.05) is 48.9 Å². The van der Waals surface area contributed by atoms with Gasteiger partial charge < -0.3 is 13.4 Å². The summed E-state index contributed by atoms with van der Waals surface area (Å²) >= 11 is 1.51. The maximum atomic E-state index is 11.8. The molecule has 0 saturated heterocycles. The molecule has 0 unspecified atom stereocenters. The van der Waals surface area contributed by atoms with Crippen LogP contribution < -0.4 is 5.63 Å². The summed E-state index contributed by atoms with van der Waals surface area (Å²) in [5, 5.41) is 10.1. The molecule has 0 saturated carbocycles. The Morgan fingerprint density at radius 3 is 2.88 bits per heavy atom. The topological polar surface area (TPSA) is 74.1 Å². The first-order valence-corrected chi connectivity index (χ1v) is 8.70. The van der Waals surface area contributed by atoms with Gasteiger partial charge in [0.1, 0.15) is 5.58 Å². The molecule has 0 fully saturated rings. The third-order valence-electron chi connectivity index (χ3n) is 3.92. The highest BCUT2D eigenvalue weighted by molar-refractivity contribution is 7.98. The van der Waals surface area contributed by atoms with E-state index in [0.29, 0.717) is 22.9 Å². The summed E-state index contributed by atoms with van der Waals surface area (Å²) in [6, 6.07) is 11.1. The predicted molar refractivity (Wildman–Crippen MR) is 95.5 cm³/mol. The number of benzene rings is 1. The molecule has 3 heterocycles. The third-order valence-corrected chi connectivity index (χ3v) is 4.99. The first-order valence-electron chi connectivity index (χ1n) is 7.71. The standard InChI is InChI=1S/C18H15N3O3S/c1-11-5-6-13-12(9-16(22)24-15(13)8-11)10-25-18-20-19-17(21(18)2)14-4-3-7-23-14/h3-9H,10H2,1-2H3. The fourth-order valence-electron chi connectivity index (χ4n) is 2.66. The number of hydrogen-bond donors (Lipinski definition) is 0. The second-order valence-electron chi connectivity index (χ2n) is 5.72. The van der Waals surface area contributed by atoms with Gasteiger partial charge in [0.05, 0.1) is 6.26 Å². The van der Waals surface area contributed by atoms with Gasteiger partial charge in [0.25, 0.3) is 0 Å². The summed E-state index contributed by atoms with van der Waals surface area (Å²) in [4.78, 5) is 11.8. The lowest BCUT2D eigenvalue weighted by Gasteiger charge is -2.06. The minimum atomic E-state index is -0.345. The summed E-state index contributed by atoms with van der Waals surface area (Å²) in [6.07, 6.45) is 1.61. The van der Waals surface area contributed by atoms with Crippen molar-refractivity contribution >= 4 is 22.7 Å². The maximum Gasteiger partial charge on any atom is 0.336 e. The highest BCUT2D eigenvalue weighted by Gasteiger charge is 2.14. The average Bonchev–Trinajstić information content (AvgIpc) is 3.21. The van der Waals surface area contributed by atoms with Crippen molar-refractivity contribution in [3.63, 3.8) is 0 Å². The molecule has 0 aliphatic rings. The average molecular weight is 353 g/mol. The molecule has 7 heteroatoms. The molecule has 0 spiro atoms. The van der Waals surface area contributed by atoms with E-state index < -0.39 is 0 Å². The quantitative estimate of drug-likeness (QED) is 0.410. The van der Waals surface area contributed by atoms with Crippen LogP contribution in [0, 0.1) is 6.92 Å². The normalized spacial score (nSPS) is 11.3. The number of hydrogen-bond acceptors (Lipinski definition) is 6. The van der Waals surface area contributed by atoms with Gasteiger partial charge in [-0.2, -0.15) is 0 Å². The van der Waals surface area contributed by atoms with Crippen LogP contribution in [-0.2, 0) is 12.8 Å². The smallest absolute Gasteiger partial charge is 0.336 e. The molecule has 0 aliphatic carbocycles. The summed E-state index contributed by atoms with van der Waals surface area (Å²) in [6.45, 7) is 1.97. The van der Waals surface area contributed by atoms with E-state index in [0.717, 1.165) is 21.7 Å². The number of nitrogens with zero attached hydrogens (tertiary/aromatic N) is 3. The van der Waals surface area contributed by atoms with Gasteiger partial charge in [-0.3, -0.25) is 0 Å². The van der Waals surface area contributed by atoms with E-state index in [2.05, 4.69) is 10.2 Å². The van der Waals surface area contributed by atoms with Crippen molar-refractivity contribution < 1.29 is 8.83 Å². The molecule has 0 amide bonds. The Morgan fingerprint density at radius 1 is 1.20 bits per heavy atom. The van der Waals surface area contributed by atoms with Crippen LogP contribution in [0.15, 0.2) is 61.4 Å². The summed E-state index contributed by atoms with van der Waals surface area (Å²) in [7, 11) is 1.89. The molecule has 6 nitrogen and oxygen atoms in total. The van der Waals surface area contributed by atoms with E-state index in [1.165, 1.54) is 17.8 Å². The monoisotopic (exact) mass is 353 g/mol. The van der Waals surface area contributed by atoms with Gasteiger partial charge in [0, 0.05) is 24.3 Å². The molecule has 0 aliphatic heterocycles. The highest BCUT2D eigenvalue weighted by atomic mass is 32.2. The Hall–Kier alpha value is -2.80. The molecular formula is C18H15N3O3S. The van der Waals surface area contributed by atoms with Crippen molar-refractivity contribution in [2.24, 2.45) is 7.05 Å². The Kier molecular flexibility index (Phi) is 3.93. The Balaban J connectivity index is 1.64. The Bertz CT molecular complexity index is 1100. The van der Waals surface area contributed by atoms with Gasteiger partial charge in [-0.25, -0.2) is 4.79 Å². The van der Waals surface area contributed by atoms with Crippen molar-refractivity contribution in [2.75, 3.05) is 0 Å². The largest absolute Gasteiger partial charge is 0.461 e. The number of aryl methyl sites for hydroxylation is 1. The minimum Gasteiger partial charge on any atom is -0.461 e. The molecule has 3 aromatic heterocycles. The van der Waals surface area contributed by atoms with E-state index >= 15 is 0 Å². The van der Waals surface area contributed by atoms with Crippen molar-refractivity contribution in [1.82, 2.24) is 14.8 Å². The van der Waals surface area contributed by atoms with Crippen molar-refractivity contribution in [3.05, 3.63) is 64.2 Å². The Morgan fingerprint density at radius 2 is 2.08 bits per heavy atom. The molecule has 126 valence electrons. The fraction of sp³-hybridized carbons (Fsp3) is 0.167. The fourth-order valence-corrected chi connectivity index (χ4v) is 3.56. The molecule has 1 aromatic carbocycles. The van der Waals surface area contributed by atoms with Crippen LogP contribution in [0.4, 0.5) is 0 Å². The summed E-state index contributed by atoms with van der Waals surface area (Å²) < 4.78 is 12.6. The van der Waals surface area contributed by atoms with Gasteiger partial charge in [-0.05, 0) is 36.2 Å². The van der Waals surface area contributed by atoms with Crippen molar-refractivity contribution in [3.8, 4) is 11.6 Å². The lowest BCUT2D eigenvalue weighted by molar-refractivity contribution is 0.559. The van der Waals surface area contributed by atoms with E-state index in [9.17, 15) is 4.79 Å². The van der Waals surface area contributed by atoms with Crippen LogP contribution in [0.3, 0.4) is 0 Å². The lowest BCUT2D eigenvalue weighted by Crippen LogP contribution is -2.00. The summed E-state index contributed by atoms with van der Waals surface area (Å²) in [5.41, 5.74) is 2.23. The molecule has 25 heavy (non-hydrogen) atoms. The number of fused-ring (bicyclic) bond motifs is 1. The molecule has 0 N–H and O–H groups in total. The summed E-state index contributed by atoms with van der Waals surface area (Å²) in [5.74, 6) is 1.93. The van der Waals surface area contributed by atoms with Gasteiger partial charge in [-0.15, -0.1) is 10.2 Å². The molecule has 0 radical (unpaired) electrons. The van der Waals surface area contributed by atoms with Gasteiger partial charge in [0.2, 0.25) is 0 Å². The SMILES string of the molecule is Cc1ccc2c(CSc3nnc(-c4ccco4)n3C)cc(=O)oc2c1. The van der Waals surface area contributed by atoms with Crippen LogP contribution in [0.2, 0.25) is 0 Å². The van der Waals surface area contributed by atoms with Crippen molar-refractivity contribution in [1.29, 1.82) is 0 Å². The zero-order chi connectivity index (χ0) is 17.4.